The van der Waals surface area contributed by atoms with E-state index >= 15 is 0 Å². The Morgan fingerprint density at radius 1 is 1.28 bits per heavy atom. The summed E-state index contributed by atoms with van der Waals surface area (Å²) in [4.78, 5) is 36.9. The molecule has 0 amide bonds. The lowest BCUT2D eigenvalue weighted by atomic mass is 9.46. The smallest absolute Gasteiger partial charge is 0.305 e. The highest BCUT2D eigenvalue weighted by molar-refractivity contribution is 9.10. The average molecular weight is 509 g/mol. The Hall–Kier alpha value is -1.31. The fourth-order valence-electron chi connectivity index (χ4n) is 7.50. The molecule has 7 heteroatoms. The maximum atomic E-state index is 13.3. The third-order valence-electron chi connectivity index (χ3n) is 9.30. The van der Waals surface area contributed by atoms with E-state index in [-0.39, 0.29) is 36.4 Å². The molecule has 0 spiro atoms. The topological polar surface area (TPSA) is 101 Å². The van der Waals surface area contributed by atoms with Crippen LogP contribution in [0.1, 0.15) is 59.8 Å². The van der Waals surface area contributed by atoms with Gasteiger partial charge in [0.1, 0.15) is 5.60 Å². The van der Waals surface area contributed by atoms with Crippen LogP contribution in [0, 0.1) is 28.6 Å². The number of fused-ring (bicyclic) bond motifs is 5. The van der Waals surface area contributed by atoms with Crippen molar-refractivity contribution in [3.63, 3.8) is 0 Å². The van der Waals surface area contributed by atoms with Gasteiger partial charge in [-0.3, -0.25) is 14.4 Å². The van der Waals surface area contributed by atoms with Gasteiger partial charge in [0.05, 0.1) is 10.4 Å². The van der Waals surface area contributed by atoms with Crippen LogP contribution in [-0.4, -0.2) is 50.4 Å². The number of aliphatic hydroxyl groups excluding tert-OH is 1. The largest absolute Gasteiger partial charge is 0.458 e. The third kappa shape index (κ3) is 2.86. The van der Waals surface area contributed by atoms with Crippen molar-refractivity contribution < 1.29 is 29.3 Å². The molecule has 0 aromatic carbocycles. The number of hydrogen-bond acceptors (Lipinski definition) is 6. The number of alkyl halides is 1. The minimum absolute atomic E-state index is 0.00119. The predicted octanol–water partition coefficient (Wildman–Crippen LogP) is 3.28. The summed E-state index contributed by atoms with van der Waals surface area (Å²) >= 11 is 3.98. The zero-order chi connectivity index (χ0) is 23.7. The van der Waals surface area contributed by atoms with E-state index in [4.69, 9.17) is 4.74 Å². The van der Waals surface area contributed by atoms with E-state index in [1.807, 2.05) is 19.9 Å². The summed E-state index contributed by atoms with van der Waals surface area (Å²) in [7, 11) is 0. The molecule has 1 unspecified atom stereocenters. The summed E-state index contributed by atoms with van der Waals surface area (Å²) in [5.74, 6) is -1.34. The molecule has 0 bridgehead atoms. The second-order valence-corrected chi connectivity index (χ2v) is 11.9. The summed E-state index contributed by atoms with van der Waals surface area (Å²) in [6, 6.07) is 0. The van der Waals surface area contributed by atoms with Crippen LogP contribution < -0.4 is 0 Å². The molecule has 4 aliphatic rings. The van der Waals surface area contributed by atoms with Gasteiger partial charge >= 0.3 is 5.97 Å². The van der Waals surface area contributed by atoms with Crippen LogP contribution >= 0.6 is 15.9 Å². The first-order valence-corrected chi connectivity index (χ1v) is 12.4. The third-order valence-corrected chi connectivity index (χ3v) is 11.2. The van der Waals surface area contributed by atoms with Crippen molar-refractivity contribution >= 4 is 33.5 Å². The second-order valence-electron chi connectivity index (χ2n) is 10.6. The van der Waals surface area contributed by atoms with E-state index in [0.29, 0.717) is 6.42 Å². The highest BCUT2D eigenvalue weighted by Gasteiger charge is 2.74. The number of carbonyl (C=O) groups is 3. The normalized spacial score (nSPS) is 47.2. The number of aliphatic hydroxyl groups is 2. The quantitative estimate of drug-likeness (QED) is 0.446. The molecule has 6 nitrogen and oxygen atoms in total. The summed E-state index contributed by atoms with van der Waals surface area (Å²) in [6.45, 7) is 7.05. The van der Waals surface area contributed by atoms with Gasteiger partial charge in [-0.15, -0.1) is 0 Å². The van der Waals surface area contributed by atoms with Gasteiger partial charge in [0.25, 0.3) is 0 Å². The highest BCUT2D eigenvalue weighted by atomic mass is 79.9. The Bertz CT molecular complexity index is 925. The van der Waals surface area contributed by atoms with Gasteiger partial charge < -0.3 is 14.9 Å². The maximum absolute atomic E-state index is 13.3. The Morgan fingerprint density at radius 2 is 1.97 bits per heavy atom. The van der Waals surface area contributed by atoms with E-state index in [1.54, 1.807) is 19.1 Å². The number of rotatable bonds is 4. The zero-order valence-electron chi connectivity index (χ0n) is 19.2. The fourth-order valence-corrected chi connectivity index (χ4v) is 8.60. The van der Waals surface area contributed by atoms with Crippen molar-refractivity contribution in [1.82, 2.24) is 0 Å². The Labute approximate surface area is 197 Å². The van der Waals surface area contributed by atoms with Crippen molar-refractivity contribution in [2.24, 2.45) is 28.6 Å². The number of ketones is 2. The van der Waals surface area contributed by atoms with Crippen LogP contribution in [0.5, 0.6) is 0 Å². The number of carbonyl (C=O) groups excluding carboxylic acids is 3. The summed E-state index contributed by atoms with van der Waals surface area (Å²) in [5, 5.41) is 23.5. The van der Waals surface area contributed by atoms with Gasteiger partial charge in [-0.2, -0.15) is 0 Å². The summed E-state index contributed by atoms with van der Waals surface area (Å²) in [5.41, 5.74) is -2.05. The molecule has 0 heterocycles. The number of halogens is 1. The summed E-state index contributed by atoms with van der Waals surface area (Å²) in [6.07, 6.45) is 6.87. The van der Waals surface area contributed by atoms with Crippen LogP contribution in [0.3, 0.4) is 0 Å². The molecule has 32 heavy (non-hydrogen) atoms. The number of Topliss-reactive ketones (excluding diaryl/α,β-unsaturated/α-hetero) is 1. The molecule has 176 valence electrons. The first kappa shape index (κ1) is 23.8. The monoisotopic (exact) mass is 508 g/mol. The van der Waals surface area contributed by atoms with E-state index in [2.05, 4.69) is 22.9 Å². The minimum Gasteiger partial charge on any atom is -0.458 e. The van der Waals surface area contributed by atoms with Crippen LogP contribution in [0.25, 0.3) is 0 Å². The van der Waals surface area contributed by atoms with Crippen molar-refractivity contribution in [2.45, 2.75) is 75.8 Å². The number of hydrogen-bond donors (Lipinski definition) is 2. The fraction of sp³-hybridized carbons (Fsp3) is 0.720. The van der Waals surface area contributed by atoms with E-state index in [1.165, 1.54) is 0 Å². The molecule has 4 aliphatic carbocycles. The molecule has 3 saturated carbocycles. The van der Waals surface area contributed by atoms with E-state index in [0.717, 1.165) is 18.4 Å². The number of ether oxygens (including phenoxy) is 1. The average Bonchev–Trinajstić information content (AvgIpc) is 2.94. The van der Waals surface area contributed by atoms with Crippen LogP contribution in [-0.2, 0) is 19.1 Å². The maximum Gasteiger partial charge on any atom is 0.305 e. The first-order valence-electron chi connectivity index (χ1n) is 11.6. The van der Waals surface area contributed by atoms with E-state index < -0.39 is 45.2 Å². The second kappa shape index (κ2) is 7.60. The Balaban J connectivity index is 1.73. The molecular weight excluding hydrogens is 476 g/mol. The SMILES string of the molecule is CCC(=O)OCC(=O)[C@@]1(O)[C@H](C)C[C@H]2C3CCC4=CC(=O)C=C[C@]4(C)[C@@]3(Br)[C@@H](O)C[C@@]21C. The molecule has 0 radical (unpaired) electrons. The van der Waals surface area contributed by atoms with Crippen molar-refractivity contribution in [3.05, 3.63) is 23.8 Å². The molecule has 0 aromatic rings. The zero-order valence-corrected chi connectivity index (χ0v) is 20.8. The molecule has 8 atom stereocenters. The molecule has 2 N–H and O–H groups in total. The lowest BCUT2D eigenvalue weighted by Crippen LogP contribution is -2.68. The van der Waals surface area contributed by atoms with Crippen molar-refractivity contribution in [3.8, 4) is 0 Å². The lowest BCUT2D eigenvalue weighted by molar-refractivity contribution is -0.181. The Kier molecular flexibility index (Phi) is 5.66. The van der Waals surface area contributed by atoms with Crippen molar-refractivity contribution in [2.75, 3.05) is 6.61 Å². The van der Waals surface area contributed by atoms with E-state index in [9.17, 15) is 24.6 Å². The molecule has 0 aromatic heterocycles. The number of esters is 1. The number of allylic oxidation sites excluding steroid dienone is 4. The molecule has 3 fully saturated rings. The van der Waals surface area contributed by atoms with Gasteiger partial charge in [0.15, 0.2) is 12.4 Å². The van der Waals surface area contributed by atoms with Gasteiger partial charge in [0, 0.05) is 17.3 Å². The van der Waals surface area contributed by atoms with Gasteiger partial charge in [-0.25, -0.2) is 0 Å². The predicted molar refractivity (Wildman–Crippen MR) is 122 cm³/mol. The van der Waals surface area contributed by atoms with Crippen LogP contribution in [0.15, 0.2) is 23.8 Å². The van der Waals surface area contributed by atoms with Gasteiger partial charge in [0.2, 0.25) is 5.78 Å². The van der Waals surface area contributed by atoms with Crippen LogP contribution in [0.4, 0.5) is 0 Å². The molecule has 4 rings (SSSR count). The highest BCUT2D eigenvalue weighted by Crippen LogP contribution is 2.71. The van der Waals surface area contributed by atoms with Gasteiger partial charge in [-0.1, -0.05) is 55.3 Å². The molecule has 0 saturated heterocycles. The summed E-state index contributed by atoms with van der Waals surface area (Å²) < 4.78 is 4.38. The molecular formula is C25H33BrO6. The lowest BCUT2D eigenvalue weighted by Gasteiger charge is -2.64. The van der Waals surface area contributed by atoms with Crippen molar-refractivity contribution in [1.29, 1.82) is 0 Å². The standard InChI is InChI=1S/C25H33BrO6/c1-5-21(30)32-13-20(29)25(31)14(2)10-18-17-7-6-15-11-16(27)8-9-22(15,3)24(17,26)19(28)12-23(18,25)4/h8-9,11,14,17-19,28,31H,5-7,10,12-13H2,1-4H3/t14-,17?,18+,19+,22+,23+,24+,25+/m1/s1. The minimum atomic E-state index is -1.68. The Morgan fingerprint density at radius 3 is 2.62 bits per heavy atom. The molecule has 0 aliphatic heterocycles. The first-order chi connectivity index (χ1) is 14.9. The van der Waals surface area contributed by atoms with Gasteiger partial charge in [-0.05, 0) is 55.6 Å². The van der Waals surface area contributed by atoms with Crippen LogP contribution in [0.2, 0.25) is 0 Å².